The van der Waals surface area contributed by atoms with Crippen LogP contribution in [0.5, 0.6) is 0 Å². The van der Waals surface area contributed by atoms with Crippen LogP contribution < -0.4 is 10.4 Å². The highest BCUT2D eigenvalue weighted by atomic mass is 28.4. The van der Waals surface area contributed by atoms with Crippen molar-refractivity contribution >= 4 is 30.7 Å². The van der Waals surface area contributed by atoms with E-state index in [1.165, 1.54) is 12.0 Å². The maximum Gasteiger partial charge on any atom is 0.410 e. The van der Waals surface area contributed by atoms with Crippen LogP contribution in [-0.2, 0) is 25.4 Å². The van der Waals surface area contributed by atoms with Gasteiger partial charge in [0, 0.05) is 20.0 Å². The van der Waals surface area contributed by atoms with E-state index in [4.69, 9.17) is 14.0 Å². The van der Waals surface area contributed by atoms with Gasteiger partial charge in [-0.25, -0.2) is 9.86 Å². The van der Waals surface area contributed by atoms with E-state index in [-0.39, 0.29) is 30.2 Å². The Balaban J connectivity index is 1.68. The van der Waals surface area contributed by atoms with E-state index in [1.807, 2.05) is 66.7 Å². The molecule has 2 atom stereocenters. The summed E-state index contributed by atoms with van der Waals surface area (Å²) in [5.74, 6) is -0.317. The molecule has 7 nitrogen and oxygen atoms in total. The van der Waals surface area contributed by atoms with Crippen molar-refractivity contribution in [1.82, 2.24) is 9.96 Å². The standard InChI is InChI=1S/C31H38N2O5Si/c1-31(2,3)39(26-17-11-7-12-18-26,27-19-13-8-14-20-27)38-25-21-28(29(34)32(4)36-5)33(22-25)30(35)37-23-24-15-9-6-10-16-24/h6-20,25,28H,21-23H2,1-5H3/t25-,28-/m1/s1. The maximum atomic E-state index is 13.3. The van der Waals surface area contributed by atoms with Crippen molar-refractivity contribution in [2.45, 2.75) is 51.0 Å². The predicted molar refractivity (Wildman–Crippen MR) is 154 cm³/mol. The number of ether oxygens (including phenoxy) is 1. The lowest BCUT2D eigenvalue weighted by Gasteiger charge is -2.44. The molecule has 3 aromatic rings. The molecule has 0 aromatic heterocycles. The molecule has 8 heteroatoms. The predicted octanol–water partition coefficient (Wildman–Crippen LogP) is 4.36. The molecule has 0 N–H and O–H groups in total. The number of likely N-dealkylation sites (N-methyl/N-ethyl adjacent to an activating group) is 1. The minimum Gasteiger partial charge on any atom is -0.445 e. The summed E-state index contributed by atoms with van der Waals surface area (Å²) < 4.78 is 12.9. The molecule has 0 saturated carbocycles. The molecule has 4 rings (SSSR count). The first kappa shape index (κ1) is 28.5. The van der Waals surface area contributed by atoms with Crippen LogP contribution in [0.3, 0.4) is 0 Å². The van der Waals surface area contributed by atoms with Crippen molar-refractivity contribution in [3.63, 3.8) is 0 Å². The Labute approximate surface area is 232 Å². The van der Waals surface area contributed by atoms with Crippen molar-refractivity contribution in [2.75, 3.05) is 20.7 Å². The normalized spacial score (nSPS) is 17.6. The number of likely N-dealkylation sites (tertiary alicyclic amines) is 1. The first-order valence-electron chi connectivity index (χ1n) is 13.2. The molecule has 206 valence electrons. The first-order valence-corrected chi connectivity index (χ1v) is 15.2. The average Bonchev–Trinajstić information content (AvgIpc) is 3.38. The second-order valence-electron chi connectivity index (χ2n) is 10.9. The van der Waals surface area contributed by atoms with E-state index >= 15 is 0 Å². The van der Waals surface area contributed by atoms with Gasteiger partial charge in [-0.15, -0.1) is 0 Å². The number of hydroxylamine groups is 2. The highest BCUT2D eigenvalue weighted by molar-refractivity contribution is 6.99. The first-order chi connectivity index (χ1) is 18.7. The second-order valence-corrected chi connectivity index (χ2v) is 15.1. The third kappa shape index (κ3) is 6.08. The van der Waals surface area contributed by atoms with Crippen molar-refractivity contribution in [2.24, 2.45) is 0 Å². The molecule has 1 aliphatic rings. The minimum atomic E-state index is -2.88. The van der Waals surface area contributed by atoms with Gasteiger partial charge in [-0.3, -0.25) is 14.5 Å². The molecule has 1 aliphatic heterocycles. The van der Waals surface area contributed by atoms with Gasteiger partial charge in [-0.1, -0.05) is 112 Å². The molecule has 0 bridgehead atoms. The zero-order valence-electron chi connectivity index (χ0n) is 23.4. The van der Waals surface area contributed by atoms with Gasteiger partial charge in [0.15, 0.2) is 0 Å². The molecule has 0 unspecified atom stereocenters. The van der Waals surface area contributed by atoms with Gasteiger partial charge in [0.1, 0.15) is 12.6 Å². The average molecular weight is 547 g/mol. The van der Waals surface area contributed by atoms with E-state index < -0.39 is 20.5 Å². The molecular weight excluding hydrogens is 508 g/mol. The Morgan fingerprint density at radius 2 is 1.41 bits per heavy atom. The van der Waals surface area contributed by atoms with Crippen LogP contribution in [0.2, 0.25) is 5.04 Å². The second kappa shape index (κ2) is 12.2. The molecule has 3 aromatic carbocycles. The van der Waals surface area contributed by atoms with Crippen molar-refractivity contribution in [3.8, 4) is 0 Å². The van der Waals surface area contributed by atoms with Gasteiger partial charge in [0.25, 0.3) is 14.2 Å². The zero-order chi connectivity index (χ0) is 28.0. The van der Waals surface area contributed by atoms with Crippen LogP contribution in [0.1, 0.15) is 32.8 Å². The fourth-order valence-corrected chi connectivity index (χ4v) is 10.0. The highest BCUT2D eigenvalue weighted by Crippen LogP contribution is 2.39. The monoisotopic (exact) mass is 546 g/mol. The van der Waals surface area contributed by atoms with E-state index in [2.05, 4.69) is 45.0 Å². The molecule has 1 fully saturated rings. The van der Waals surface area contributed by atoms with Crippen molar-refractivity contribution in [3.05, 3.63) is 96.6 Å². The number of hydrogen-bond donors (Lipinski definition) is 0. The number of carbonyl (C=O) groups excluding carboxylic acids is 2. The van der Waals surface area contributed by atoms with Gasteiger partial charge < -0.3 is 9.16 Å². The molecule has 0 spiro atoms. The van der Waals surface area contributed by atoms with Gasteiger partial charge in [0.05, 0.1) is 13.2 Å². The quantitative estimate of drug-likeness (QED) is 0.310. The third-order valence-electron chi connectivity index (χ3n) is 7.33. The lowest BCUT2D eigenvalue weighted by molar-refractivity contribution is -0.173. The SMILES string of the molecule is CON(C)C(=O)[C@H]1C[C@@H](O[Si](c2ccccc2)(c2ccccc2)C(C)(C)C)CN1C(=O)OCc1ccccc1. The van der Waals surface area contributed by atoms with Crippen LogP contribution in [0.25, 0.3) is 0 Å². The number of amides is 2. The summed E-state index contributed by atoms with van der Waals surface area (Å²) in [6.07, 6.45) is -0.577. The van der Waals surface area contributed by atoms with Crippen LogP contribution in [0, 0.1) is 0 Å². The number of carbonyl (C=O) groups is 2. The Kier molecular flexibility index (Phi) is 8.89. The summed E-state index contributed by atoms with van der Waals surface area (Å²) in [6.45, 7) is 6.99. The smallest absolute Gasteiger partial charge is 0.410 e. The summed E-state index contributed by atoms with van der Waals surface area (Å²) in [6, 6.07) is 29.4. The van der Waals surface area contributed by atoms with Crippen molar-refractivity contribution in [1.29, 1.82) is 0 Å². The summed E-state index contributed by atoms with van der Waals surface area (Å²) in [4.78, 5) is 33.3. The Morgan fingerprint density at radius 3 is 1.90 bits per heavy atom. The number of benzene rings is 3. The van der Waals surface area contributed by atoms with Crippen LogP contribution in [-0.4, -0.2) is 63.1 Å². The molecule has 39 heavy (non-hydrogen) atoms. The van der Waals surface area contributed by atoms with Gasteiger partial charge in [0.2, 0.25) is 0 Å². The lowest BCUT2D eigenvalue weighted by Crippen LogP contribution is -2.67. The minimum absolute atomic E-state index is 0.122. The van der Waals surface area contributed by atoms with Crippen LogP contribution in [0.15, 0.2) is 91.0 Å². The number of rotatable bonds is 8. The lowest BCUT2D eigenvalue weighted by atomic mass is 10.2. The molecule has 0 radical (unpaired) electrons. The summed E-state index contributed by atoms with van der Waals surface area (Å²) >= 11 is 0. The van der Waals surface area contributed by atoms with E-state index in [0.29, 0.717) is 6.42 Å². The summed E-state index contributed by atoms with van der Waals surface area (Å²) in [5, 5.41) is 3.21. The van der Waals surface area contributed by atoms with Gasteiger partial charge in [-0.05, 0) is 21.0 Å². The highest BCUT2D eigenvalue weighted by Gasteiger charge is 2.54. The largest absolute Gasteiger partial charge is 0.445 e. The number of nitrogens with zero attached hydrogens (tertiary/aromatic N) is 2. The fraction of sp³-hybridized carbons (Fsp3) is 0.355. The topological polar surface area (TPSA) is 68.3 Å². The molecule has 1 heterocycles. The molecule has 0 aliphatic carbocycles. The van der Waals surface area contributed by atoms with Crippen LogP contribution in [0.4, 0.5) is 4.79 Å². The zero-order valence-corrected chi connectivity index (χ0v) is 24.4. The number of hydrogen-bond acceptors (Lipinski definition) is 5. The fourth-order valence-electron chi connectivity index (χ4n) is 5.36. The van der Waals surface area contributed by atoms with Gasteiger partial charge in [-0.2, -0.15) is 0 Å². The van der Waals surface area contributed by atoms with E-state index in [1.54, 1.807) is 7.05 Å². The molecule has 1 saturated heterocycles. The van der Waals surface area contributed by atoms with E-state index in [9.17, 15) is 9.59 Å². The van der Waals surface area contributed by atoms with Crippen LogP contribution >= 0.6 is 0 Å². The third-order valence-corrected chi connectivity index (χ3v) is 12.4. The van der Waals surface area contributed by atoms with Crippen molar-refractivity contribution < 1.29 is 23.6 Å². The maximum absolute atomic E-state index is 13.3. The Morgan fingerprint density at radius 1 is 0.897 bits per heavy atom. The Hall–Kier alpha value is -3.46. The van der Waals surface area contributed by atoms with Gasteiger partial charge >= 0.3 is 6.09 Å². The Bertz CT molecular complexity index is 1190. The summed E-state index contributed by atoms with van der Waals surface area (Å²) in [5.41, 5.74) is 0.877. The molecule has 2 amide bonds. The summed E-state index contributed by atoms with van der Waals surface area (Å²) in [7, 11) is 0.0949. The molecular formula is C31H38N2O5Si. The van der Waals surface area contributed by atoms with E-state index in [0.717, 1.165) is 21.0 Å².